The smallest absolute Gasteiger partial charge is 0.262 e. The largest absolute Gasteiger partial charge is 0.396 e. The first-order chi connectivity index (χ1) is 9.17. The molecule has 0 bridgehead atoms. The predicted molar refractivity (Wildman–Crippen MR) is 73.6 cm³/mol. The van der Waals surface area contributed by atoms with Crippen LogP contribution in [0.3, 0.4) is 0 Å². The summed E-state index contributed by atoms with van der Waals surface area (Å²) in [5, 5.41) is 10.1. The van der Waals surface area contributed by atoms with E-state index >= 15 is 0 Å². The quantitative estimate of drug-likeness (QED) is 0.908. The molecule has 0 unspecified atom stereocenters. The lowest BCUT2D eigenvalue weighted by Gasteiger charge is -2.39. The number of hydrogen-bond donors (Lipinski definition) is 1. The number of fused-ring (bicyclic) bond motifs is 1. The van der Waals surface area contributed by atoms with Crippen molar-refractivity contribution in [2.45, 2.75) is 19.9 Å². The molecule has 0 spiro atoms. The van der Waals surface area contributed by atoms with Crippen LogP contribution < -0.4 is 5.56 Å². The maximum atomic E-state index is 12.4. The number of aryl methyl sites for hydroxylation is 1. The molecule has 1 fully saturated rings. The molecule has 2 aromatic heterocycles. The van der Waals surface area contributed by atoms with Crippen LogP contribution in [-0.4, -0.2) is 34.5 Å². The second-order valence-corrected chi connectivity index (χ2v) is 6.23. The van der Waals surface area contributed by atoms with E-state index in [0.717, 1.165) is 11.3 Å². The highest BCUT2D eigenvalue weighted by molar-refractivity contribution is 7.18. The maximum absolute atomic E-state index is 12.4. The Labute approximate surface area is 114 Å². The Morgan fingerprint density at radius 2 is 2.37 bits per heavy atom. The minimum Gasteiger partial charge on any atom is -0.396 e. The summed E-state index contributed by atoms with van der Waals surface area (Å²) in [5.41, 5.74) is -0.344. The predicted octanol–water partition coefficient (Wildman–Crippen LogP) is 1.03. The van der Waals surface area contributed by atoms with Crippen LogP contribution in [0.25, 0.3) is 10.2 Å². The number of nitrogens with zero attached hydrogens (tertiary/aromatic N) is 2. The zero-order valence-electron chi connectivity index (χ0n) is 10.8. The summed E-state index contributed by atoms with van der Waals surface area (Å²) in [6.45, 7) is 3.55. The molecule has 1 saturated heterocycles. The zero-order chi connectivity index (χ0) is 13.5. The second kappa shape index (κ2) is 4.70. The number of aliphatic hydroxyl groups excluding tert-OH is 1. The van der Waals surface area contributed by atoms with Crippen LogP contribution in [0.2, 0.25) is 0 Å². The third-order valence-corrected chi connectivity index (χ3v) is 4.76. The van der Waals surface area contributed by atoms with E-state index in [4.69, 9.17) is 4.74 Å². The van der Waals surface area contributed by atoms with E-state index in [1.807, 2.05) is 6.07 Å². The molecule has 0 aliphatic carbocycles. The maximum Gasteiger partial charge on any atom is 0.262 e. The highest BCUT2D eigenvalue weighted by atomic mass is 32.1. The van der Waals surface area contributed by atoms with Gasteiger partial charge in [-0.3, -0.25) is 9.36 Å². The van der Waals surface area contributed by atoms with Crippen molar-refractivity contribution in [2.24, 2.45) is 5.41 Å². The lowest BCUT2D eigenvalue weighted by molar-refractivity contribution is -0.145. The average molecular weight is 280 g/mol. The van der Waals surface area contributed by atoms with Crippen LogP contribution in [0.5, 0.6) is 0 Å². The average Bonchev–Trinajstić information content (AvgIpc) is 2.80. The molecule has 1 aliphatic heterocycles. The molecule has 5 nitrogen and oxygen atoms in total. The molecule has 2 aromatic rings. The van der Waals surface area contributed by atoms with Crippen LogP contribution >= 0.6 is 11.3 Å². The topological polar surface area (TPSA) is 64.4 Å². The van der Waals surface area contributed by atoms with Crippen molar-refractivity contribution in [2.75, 3.05) is 19.8 Å². The molecule has 19 heavy (non-hydrogen) atoms. The van der Waals surface area contributed by atoms with E-state index in [-0.39, 0.29) is 17.6 Å². The van der Waals surface area contributed by atoms with E-state index in [0.29, 0.717) is 25.1 Å². The fourth-order valence-electron chi connectivity index (χ4n) is 2.28. The molecule has 1 aliphatic rings. The number of aliphatic hydroxyl groups is 1. The number of hydrogen-bond acceptors (Lipinski definition) is 5. The summed E-state index contributed by atoms with van der Waals surface area (Å²) in [5.74, 6) is 0. The van der Waals surface area contributed by atoms with Gasteiger partial charge in [-0.1, -0.05) is 6.92 Å². The van der Waals surface area contributed by atoms with E-state index in [9.17, 15) is 9.90 Å². The van der Waals surface area contributed by atoms with Crippen molar-refractivity contribution in [3.63, 3.8) is 0 Å². The summed E-state index contributed by atoms with van der Waals surface area (Å²) in [6, 6.07) is 1.93. The Kier molecular flexibility index (Phi) is 3.16. The van der Waals surface area contributed by atoms with Crippen molar-refractivity contribution in [1.29, 1.82) is 0 Å². The zero-order valence-corrected chi connectivity index (χ0v) is 11.6. The fourth-order valence-corrected chi connectivity index (χ4v) is 3.21. The van der Waals surface area contributed by atoms with Gasteiger partial charge in [-0.2, -0.15) is 0 Å². The van der Waals surface area contributed by atoms with Crippen LogP contribution in [-0.2, 0) is 17.7 Å². The third-order valence-electron chi connectivity index (χ3n) is 3.58. The molecule has 3 rings (SSSR count). The second-order valence-electron chi connectivity index (χ2n) is 5.11. The van der Waals surface area contributed by atoms with Gasteiger partial charge >= 0.3 is 0 Å². The molecule has 102 valence electrons. The third kappa shape index (κ3) is 2.09. The minimum atomic E-state index is -0.317. The number of ether oxygens (including phenoxy) is 1. The monoisotopic (exact) mass is 280 g/mol. The van der Waals surface area contributed by atoms with Gasteiger partial charge in [-0.15, -0.1) is 11.3 Å². The van der Waals surface area contributed by atoms with Crippen LogP contribution in [0.4, 0.5) is 0 Å². The van der Waals surface area contributed by atoms with E-state index in [2.05, 4.69) is 11.9 Å². The van der Waals surface area contributed by atoms with Gasteiger partial charge in [-0.05, 0) is 12.5 Å². The van der Waals surface area contributed by atoms with Crippen molar-refractivity contribution >= 4 is 21.6 Å². The van der Waals surface area contributed by atoms with E-state index < -0.39 is 0 Å². The standard InChI is InChI=1S/C13H16N2O3S/c1-2-9-3-10-11(19-9)14-8-15(12(10)17)4-13(5-16)6-18-7-13/h3,8,16H,2,4-7H2,1H3. The summed E-state index contributed by atoms with van der Waals surface area (Å²) in [6.07, 6.45) is 2.49. The summed E-state index contributed by atoms with van der Waals surface area (Å²) in [7, 11) is 0. The number of rotatable bonds is 4. The highest BCUT2D eigenvalue weighted by Gasteiger charge is 2.38. The number of thiophene rings is 1. The molecule has 0 aromatic carbocycles. The van der Waals surface area contributed by atoms with Gasteiger partial charge in [0.05, 0.1) is 36.9 Å². The molecule has 6 heteroatoms. The molecule has 1 N–H and O–H groups in total. The highest BCUT2D eigenvalue weighted by Crippen LogP contribution is 2.28. The normalized spacial score (nSPS) is 17.6. The molecule has 0 radical (unpaired) electrons. The van der Waals surface area contributed by atoms with Crippen LogP contribution in [0.15, 0.2) is 17.2 Å². The van der Waals surface area contributed by atoms with Crippen LogP contribution in [0, 0.1) is 5.41 Å². The fraction of sp³-hybridized carbons (Fsp3) is 0.538. The molecule has 3 heterocycles. The lowest BCUT2D eigenvalue weighted by atomic mass is 9.87. The Hall–Kier alpha value is -1.24. The van der Waals surface area contributed by atoms with Gasteiger partial charge in [-0.25, -0.2) is 4.98 Å². The Morgan fingerprint density at radius 1 is 1.58 bits per heavy atom. The molecular weight excluding hydrogens is 264 g/mol. The molecule has 0 atom stereocenters. The van der Waals surface area contributed by atoms with Crippen molar-refractivity contribution < 1.29 is 9.84 Å². The van der Waals surface area contributed by atoms with Gasteiger partial charge in [0.25, 0.3) is 5.56 Å². The summed E-state index contributed by atoms with van der Waals surface area (Å²) >= 11 is 1.57. The SMILES string of the molecule is CCc1cc2c(=O)n(CC3(CO)COC3)cnc2s1. The Balaban J connectivity index is 2.00. The lowest BCUT2D eigenvalue weighted by Crippen LogP contribution is -2.50. The van der Waals surface area contributed by atoms with Crippen molar-refractivity contribution in [3.05, 3.63) is 27.6 Å². The molecule has 0 saturated carbocycles. The summed E-state index contributed by atoms with van der Waals surface area (Å²) < 4.78 is 6.75. The minimum absolute atomic E-state index is 0.0272. The van der Waals surface area contributed by atoms with Crippen molar-refractivity contribution in [1.82, 2.24) is 9.55 Å². The van der Waals surface area contributed by atoms with Gasteiger partial charge in [0, 0.05) is 11.4 Å². The molecular formula is C13H16N2O3S. The summed E-state index contributed by atoms with van der Waals surface area (Å²) in [4.78, 5) is 18.7. The van der Waals surface area contributed by atoms with Crippen LogP contribution in [0.1, 0.15) is 11.8 Å². The van der Waals surface area contributed by atoms with Gasteiger partial charge in [0.2, 0.25) is 0 Å². The first-order valence-corrected chi connectivity index (χ1v) is 7.15. The molecule has 0 amide bonds. The van der Waals surface area contributed by atoms with Gasteiger partial charge in [0.1, 0.15) is 4.83 Å². The van der Waals surface area contributed by atoms with E-state index in [1.54, 1.807) is 22.2 Å². The number of aromatic nitrogens is 2. The van der Waals surface area contributed by atoms with Crippen molar-refractivity contribution in [3.8, 4) is 0 Å². The van der Waals surface area contributed by atoms with Gasteiger partial charge in [0.15, 0.2) is 0 Å². The Bertz CT molecular complexity index is 652. The first-order valence-electron chi connectivity index (χ1n) is 6.34. The first kappa shape index (κ1) is 12.8. The van der Waals surface area contributed by atoms with Gasteiger partial charge < -0.3 is 9.84 Å². The van der Waals surface area contributed by atoms with E-state index in [1.165, 1.54) is 4.88 Å². The Morgan fingerprint density at radius 3 is 2.95 bits per heavy atom.